The zero-order valence-electron chi connectivity index (χ0n) is 26.8. The summed E-state index contributed by atoms with van der Waals surface area (Å²) < 4.78 is 70.2. The van der Waals surface area contributed by atoms with Crippen LogP contribution in [0, 0.1) is 17.6 Å². The first-order chi connectivity index (χ1) is 22.9. The molecule has 1 atom stereocenters. The third kappa shape index (κ3) is 6.42. The number of rotatable bonds is 9. The molecule has 1 aliphatic carbocycles. The predicted molar refractivity (Wildman–Crippen MR) is 174 cm³/mol. The van der Waals surface area contributed by atoms with Crippen molar-refractivity contribution in [2.24, 2.45) is 11.7 Å². The van der Waals surface area contributed by atoms with E-state index in [0.717, 1.165) is 54.5 Å². The zero-order valence-corrected chi connectivity index (χ0v) is 26.8. The van der Waals surface area contributed by atoms with Gasteiger partial charge in [0.2, 0.25) is 5.91 Å². The Morgan fingerprint density at radius 1 is 0.896 bits per heavy atom. The molecule has 252 valence electrons. The number of alkyl halides is 3. The van der Waals surface area contributed by atoms with Crippen LogP contribution < -0.4 is 11.2 Å². The average Bonchev–Trinajstić information content (AvgIpc) is 3.56. The molecule has 1 aromatic heterocycles. The molecule has 4 aromatic rings. The number of fused-ring (bicyclic) bond motifs is 1. The molecule has 0 spiro atoms. The number of hydrogen-bond donors (Lipinski definition) is 1. The molecule has 1 unspecified atom stereocenters. The predicted octanol–water partition coefficient (Wildman–Crippen LogP) is 6.85. The third-order valence-corrected chi connectivity index (χ3v) is 10.2. The van der Waals surface area contributed by atoms with Gasteiger partial charge in [0.25, 0.3) is 0 Å². The third-order valence-electron chi connectivity index (χ3n) is 10.2. The smallest absolute Gasteiger partial charge is 0.368 e. The normalized spacial score (nSPS) is 16.9. The van der Waals surface area contributed by atoms with Gasteiger partial charge in [-0.15, -0.1) is 0 Å². The van der Waals surface area contributed by atoms with Crippen LogP contribution in [0.25, 0.3) is 11.1 Å². The Kier molecular flexibility index (Phi) is 9.31. The molecule has 1 aliphatic heterocycles. The summed E-state index contributed by atoms with van der Waals surface area (Å²) in [5.41, 5.74) is 8.68. The number of likely N-dealkylation sites (tertiary alicyclic amines) is 1. The number of pyridine rings is 1. The van der Waals surface area contributed by atoms with Crippen LogP contribution in [0.5, 0.6) is 0 Å². The number of carbonyl (C=O) groups is 1. The minimum atomic E-state index is -4.43. The topological polar surface area (TPSA) is 68.3 Å². The molecule has 2 heterocycles. The van der Waals surface area contributed by atoms with E-state index in [9.17, 15) is 31.5 Å². The number of aromatic nitrogens is 1. The molecule has 10 heteroatoms. The number of benzene rings is 3. The number of nitrogens with zero attached hydrogens (tertiary/aromatic N) is 2. The minimum Gasteiger partial charge on any atom is -0.368 e. The summed E-state index contributed by atoms with van der Waals surface area (Å²) in [5.74, 6) is -2.59. The van der Waals surface area contributed by atoms with E-state index in [1.54, 1.807) is 6.07 Å². The van der Waals surface area contributed by atoms with Gasteiger partial charge < -0.3 is 15.2 Å². The van der Waals surface area contributed by atoms with Crippen LogP contribution in [0.2, 0.25) is 0 Å². The van der Waals surface area contributed by atoms with E-state index >= 15 is 0 Å². The number of piperidine rings is 1. The van der Waals surface area contributed by atoms with Gasteiger partial charge in [-0.25, -0.2) is 8.78 Å². The van der Waals surface area contributed by atoms with E-state index in [2.05, 4.69) is 4.90 Å². The van der Waals surface area contributed by atoms with Crippen LogP contribution in [0.1, 0.15) is 52.9 Å². The van der Waals surface area contributed by atoms with Gasteiger partial charge in [-0.1, -0.05) is 48.5 Å². The Labute approximate surface area is 276 Å². The highest BCUT2D eigenvalue weighted by atomic mass is 19.4. The molecule has 0 bridgehead atoms. The maximum atomic E-state index is 14.7. The number of nitrogens with two attached hydrogens (primary N) is 1. The van der Waals surface area contributed by atoms with Crippen molar-refractivity contribution in [2.75, 3.05) is 20.1 Å². The molecule has 3 aromatic carbocycles. The molecule has 0 radical (unpaired) electrons. The Morgan fingerprint density at radius 2 is 1.54 bits per heavy atom. The lowest BCUT2D eigenvalue weighted by Gasteiger charge is -2.46. The first-order valence-corrected chi connectivity index (χ1v) is 16.3. The van der Waals surface area contributed by atoms with Gasteiger partial charge in [0, 0.05) is 29.4 Å². The summed E-state index contributed by atoms with van der Waals surface area (Å²) in [4.78, 5) is 29.7. The second-order valence-corrected chi connectivity index (χ2v) is 13.1. The van der Waals surface area contributed by atoms with E-state index < -0.39 is 34.8 Å². The first kappa shape index (κ1) is 33.6. The average molecular weight is 664 g/mol. The fourth-order valence-corrected chi connectivity index (χ4v) is 7.67. The lowest BCUT2D eigenvalue weighted by Crippen LogP contribution is -2.57. The molecule has 5 nitrogen and oxygen atoms in total. The summed E-state index contributed by atoms with van der Waals surface area (Å²) in [6.45, 7) is 1.50. The van der Waals surface area contributed by atoms with Crippen molar-refractivity contribution in [2.45, 2.75) is 63.1 Å². The number of primary amides is 1. The van der Waals surface area contributed by atoms with Gasteiger partial charge in [0.1, 0.15) is 5.54 Å². The van der Waals surface area contributed by atoms with Crippen molar-refractivity contribution in [3.63, 3.8) is 0 Å². The Hall–Kier alpha value is -4.31. The fourth-order valence-electron chi connectivity index (χ4n) is 7.67. The molecule has 2 N–H and O–H groups in total. The van der Waals surface area contributed by atoms with E-state index in [4.69, 9.17) is 5.73 Å². The highest BCUT2D eigenvalue weighted by molar-refractivity contribution is 5.84. The van der Waals surface area contributed by atoms with Crippen LogP contribution in [-0.2, 0) is 48.6 Å². The SMILES string of the molecule is CN1CCC(C(Cc2ccc(-c3ccc(C(F)(F)F)cc3)cc2)(C(N)=O)n2c(CCc3cccc(F)c3F)cc(=O)c3c2CCC3)CC1. The van der Waals surface area contributed by atoms with Crippen LogP contribution >= 0.6 is 0 Å². The molecule has 1 saturated heterocycles. The lowest BCUT2D eigenvalue weighted by molar-refractivity contribution is -0.137. The largest absolute Gasteiger partial charge is 0.416 e. The number of halogens is 5. The van der Waals surface area contributed by atoms with E-state index in [0.29, 0.717) is 42.5 Å². The molecule has 6 rings (SSSR count). The van der Waals surface area contributed by atoms with Gasteiger partial charge >= 0.3 is 6.18 Å². The Balaban J connectivity index is 1.45. The van der Waals surface area contributed by atoms with Gasteiger partial charge in [-0.3, -0.25) is 9.59 Å². The molecular weight excluding hydrogens is 625 g/mol. The summed E-state index contributed by atoms with van der Waals surface area (Å²) in [6, 6.07) is 17.9. The molecule has 1 fully saturated rings. The van der Waals surface area contributed by atoms with Crippen molar-refractivity contribution in [1.29, 1.82) is 0 Å². The lowest BCUT2D eigenvalue weighted by atomic mass is 9.72. The first-order valence-electron chi connectivity index (χ1n) is 16.3. The maximum absolute atomic E-state index is 14.7. The molecule has 48 heavy (non-hydrogen) atoms. The number of aryl methyl sites for hydroxylation is 2. The molecule has 1 amide bonds. The van der Waals surface area contributed by atoms with Gasteiger partial charge in [0.15, 0.2) is 17.1 Å². The maximum Gasteiger partial charge on any atom is 0.416 e. The second kappa shape index (κ2) is 13.3. The van der Waals surface area contributed by atoms with Crippen LogP contribution in [0.15, 0.2) is 77.6 Å². The van der Waals surface area contributed by atoms with E-state index in [1.807, 2.05) is 35.9 Å². The summed E-state index contributed by atoms with van der Waals surface area (Å²) in [7, 11) is 2.03. The highest BCUT2D eigenvalue weighted by Gasteiger charge is 2.49. The number of carbonyl (C=O) groups excluding carboxylic acids is 1. The van der Waals surface area contributed by atoms with Crippen molar-refractivity contribution >= 4 is 5.91 Å². The number of amides is 1. The van der Waals surface area contributed by atoms with Gasteiger partial charge in [-0.2, -0.15) is 13.2 Å². The van der Waals surface area contributed by atoms with E-state index in [-0.39, 0.29) is 36.2 Å². The molecule has 0 saturated carbocycles. The van der Waals surface area contributed by atoms with Crippen molar-refractivity contribution < 1.29 is 26.7 Å². The van der Waals surface area contributed by atoms with Crippen LogP contribution in [0.3, 0.4) is 0 Å². The monoisotopic (exact) mass is 663 g/mol. The van der Waals surface area contributed by atoms with Gasteiger partial charge in [-0.05, 0) is 111 Å². The second-order valence-electron chi connectivity index (χ2n) is 13.1. The van der Waals surface area contributed by atoms with Crippen molar-refractivity contribution in [1.82, 2.24) is 9.47 Å². The standard InChI is InChI=1S/C38H38F5N3O2/c1-45-20-18-28(19-21-45)37(36(44)48,23-24-8-10-25(11-9-24)26-12-15-29(16-13-26)38(41,42)43)46-30(22-34(47)31-5-3-7-33(31)46)17-14-27-4-2-6-32(39)35(27)40/h2,4,6,8-13,15-16,22,28H,3,5,7,14,17-21,23H2,1H3,(H2,44,48). The quantitative estimate of drug-likeness (QED) is 0.199. The Bertz CT molecular complexity index is 1860. The van der Waals surface area contributed by atoms with E-state index in [1.165, 1.54) is 24.3 Å². The summed E-state index contributed by atoms with van der Waals surface area (Å²) >= 11 is 0. The zero-order chi connectivity index (χ0) is 34.2. The van der Waals surface area contributed by atoms with Crippen molar-refractivity contribution in [3.8, 4) is 11.1 Å². The molecular formula is C38H38F5N3O2. The minimum absolute atomic E-state index is 0.117. The summed E-state index contributed by atoms with van der Waals surface area (Å²) in [5, 5.41) is 0. The van der Waals surface area contributed by atoms with Crippen LogP contribution in [0.4, 0.5) is 22.0 Å². The molecule has 2 aliphatic rings. The van der Waals surface area contributed by atoms with Crippen LogP contribution in [-0.4, -0.2) is 35.5 Å². The van der Waals surface area contributed by atoms with Crippen molar-refractivity contribution in [3.05, 3.63) is 128 Å². The summed E-state index contributed by atoms with van der Waals surface area (Å²) in [6.07, 6.45) is -0.621. The fraction of sp³-hybridized carbons (Fsp3) is 0.368. The highest BCUT2D eigenvalue weighted by Crippen LogP contribution is 2.41. The van der Waals surface area contributed by atoms with Gasteiger partial charge in [0.05, 0.1) is 5.56 Å². The number of hydrogen-bond acceptors (Lipinski definition) is 3. The Morgan fingerprint density at radius 3 is 2.17 bits per heavy atom.